The van der Waals surface area contributed by atoms with Gasteiger partial charge < -0.3 is 20.5 Å². The van der Waals surface area contributed by atoms with E-state index in [9.17, 15) is 9.90 Å². The molecule has 3 N–H and O–H groups in total. The molecule has 1 aliphatic carbocycles. The van der Waals surface area contributed by atoms with Crippen molar-refractivity contribution >= 4 is 38.2 Å². The maximum atomic E-state index is 13.0. The fourth-order valence-electron chi connectivity index (χ4n) is 4.27. The molecule has 2 aliphatic rings. The minimum absolute atomic E-state index is 0.0467. The number of phenols is 1. The first kappa shape index (κ1) is 20.5. The zero-order chi connectivity index (χ0) is 20.9. The number of aromatic hydroxyl groups is 1. The Morgan fingerprint density at radius 3 is 2.76 bits per heavy atom. The molecule has 0 saturated carbocycles. The number of halogens is 1. The standard InChI is InChI=1S/C22H27BrN2O3S/c1-5-28-15-10-12(23)9-14(18(15)26)19-24-20(27)17-13-7-6-11(22(2,3)4)8-16(13)29-21(17)25-19/h9-11,19,25-26H,5-8H2,1-4H3,(H,24,27)/t11-,19-/m1/s1. The lowest BCUT2D eigenvalue weighted by Crippen LogP contribution is -2.38. The van der Waals surface area contributed by atoms with Crippen molar-refractivity contribution in [2.24, 2.45) is 11.3 Å². The van der Waals surface area contributed by atoms with Crippen LogP contribution in [0.5, 0.6) is 11.5 Å². The zero-order valence-electron chi connectivity index (χ0n) is 17.2. The number of nitrogens with one attached hydrogen (secondary N) is 2. The van der Waals surface area contributed by atoms with Crippen LogP contribution in [-0.2, 0) is 12.8 Å². The smallest absolute Gasteiger partial charge is 0.256 e. The molecule has 1 amide bonds. The van der Waals surface area contributed by atoms with E-state index >= 15 is 0 Å². The number of anilines is 1. The van der Waals surface area contributed by atoms with E-state index in [0.717, 1.165) is 34.3 Å². The molecule has 1 aliphatic heterocycles. The van der Waals surface area contributed by atoms with Crippen molar-refractivity contribution in [3.8, 4) is 11.5 Å². The van der Waals surface area contributed by atoms with Crippen LogP contribution in [0.15, 0.2) is 16.6 Å². The third-order valence-electron chi connectivity index (χ3n) is 5.95. The molecule has 0 radical (unpaired) electrons. The molecule has 0 unspecified atom stereocenters. The number of hydrogen-bond donors (Lipinski definition) is 3. The Balaban J connectivity index is 1.67. The Labute approximate surface area is 184 Å². The van der Waals surface area contributed by atoms with Crippen LogP contribution in [0.1, 0.15) is 66.6 Å². The summed E-state index contributed by atoms with van der Waals surface area (Å²) in [6, 6.07) is 3.54. The molecule has 0 bridgehead atoms. The Morgan fingerprint density at radius 1 is 1.31 bits per heavy atom. The van der Waals surface area contributed by atoms with Gasteiger partial charge in [0.2, 0.25) is 0 Å². The van der Waals surface area contributed by atoms with E-state index in [1.807, 2.05) is 13.0 Å². The molecule has 0 spiro atoms. The molecule has 4 rings (SSSR count). The van der Waals surface area contributed by atoms with Gasteiger partial charge in [-0.25, -0.2) is 0 Å². The molecule has 29 heavy (non-hydrogen) atoms. The summed E-state index contributed by atoms with van der Waals surface area (Å²) >= 11 is 5.16. The van der Waals surface area contributed by atoms with Crippen molar-refractivity contribution in [2.45, 2.75) is 53.1 Å². The zero-order valence-corrected chi connectivity index (χ0v) is 19.6. The molecular weight excluding hydrogens is 452 g/mol. The van der Waals surface area contributed by atoms with Gasteiger partial charge in [0.05, 0.1) is 12.2 Å². The van der Waals surface area contributed by atoms with Gasteiger partial charge in [-0.05, 0) is 55.2 Å². The van der Waals surface area contributed by atoms with Gasteiger partial charge in [-0.1, -0.05) is 36.7 Å². The number of ether oxygens (including phenoxy) is 1. The average Bonchev–Trinajstić information content (AvgIpc) is 3.01. The molecule has 0 saturated heterocycles. The molecule has 156 valence electrons. The van der Waals surface area contributed by atoms with Gasteiger partial charge in [-0.3, -0.25) is 4.79 Å². The number of phenolic OH excluding ortho intramolecular Hbond substituents is 1. The highest BCUT2D eigenvalue weighted by atomic mass is 79.9. The number of amides is 1. The molecule has 7 heteroatoms. The Morgan fingerprint density at radius 2 is 2.07 bits per heavy atom. The highest BCUT2D eigenvalue weighted by Gasteiger charge is 2.37. The van der Waals surface area contributed by atoms with Crippen molar-refractivity contribution in [2.75, 3.05) is 11.9 Å². The number of fused-ring (bicyclic) bond motifs is 3. The van der Waals surface area contributed by atoms with Gasteiger partial charge in [0.25, 0.3) is 5.91 Å². The second-order valence-corrected chi connectivity index (χ2v) is 10.9. The Kier molecular flexibility index (Phi) is 5.32. The van der Waals surface area contributed by atoms with Crippen LogP contribution in [0.2, 0.25) is 0 Å². The van der Waals surface area contributed by atoms with E-state index in [0.29, 0.717) is 23.8 Å². The predicted molar refractivity (Wildman–Crippen MR) is 120 cm³/mol. The van der Waals surface area contributed by atoms with Crippen molar-refractivity contribution in [3.05, 3.63) is 38.2 Å². The second kappa shape index (κ2) is 7.51. The van der Waals surface area contributed by atoms with Crippen LogP contribution in [0.25, 0.3) is 0 Å². The predicted octanol–water partition coefficient (Wildman–Crippen LogP) is 5.62. The SMILES string of the molecule is CCOc1cc(Br)cc([C@@H]2NC(=O)c3c(sc4c3CC[C@@H](C(C)(C)C)C4)N2)c1O. The number of carbonyl (C=O) groups excluding carboxylic acids is 1. The first-order valence-corrected chi connectivity index (χ1v) is 11.7. The van der Waals surface area contributed by atoms with Crippen molar-refractivity contribution < 1.29 is 14.6 Å². The maximum Gasteiger partial charge on any atom is 0.256 e. The summed E-state index contributed by atoms with van der Waals surface area (Å²) in [5.41, 5.74) is 2.83. The van der Waals surface area contributed by atoms with E-state index in [2.05, 4.69) is 47.3 Å². The third-order valence-corrected chi connectivity index (χ3v) is 7.59. The summed E-state index contributed by atoms with van der Waals surface area (Å²) in [6.45, 7) is 9.20. The lowest BCUT2D eigenvalue weighted by Gasteiger charge is -2.34. The van der Waals surface area contributed by atoms with E-state index in [1.165, 1.54) is 10.4 Å². The van der Waals surface area contributed by atoms with Crippen molar-refractivity contribution in [1.82, 2.24) is 5.32 Å². The highest BCUT2D eigenvalue weighted by Crippen LogP contribution is 2.47. The van der Waals surface area contributed by atoms with Crippen LogP contribution in [0.3, 0.4) is 0 Å². The van der Waals surface area contributed by atoms with Crippen molar-refractivity contribution in [3.63, 3.8) is 0 Å². The monoisotopic (exact) mass is 478 g/mol. The van der Waals surface area contributed by atoms with Gasteiger partial charge in [0, 0.05) is 14.9 Å². The molecule has 1 aromatic heterocycles. The molecular formula is C22H27BrN2O3S. The number of thiophene rings is 1. The topological polar surface area (TPSA) is 70.6 Å². The lowest BCUT2D eigenvalue weighted by molar-refractivity contribution is 0.0934. The van der Waals surface area contributed by atoms with Crippen LogP contribution >= 0.6 is 27.3 Å². The number of rotatable bonds is 3. The third kappa shape index (κ3) is 3.75. The minimum Gasteiger partial charge on any atom is -0.504 e. The van der Waals surface area contributed by atoms with Crippen LogP contribution in [-0.4, -0.2) is 17.6 Å². The fourth-order valence-corrected chi connectivity index (χ4v) is 6.08. The molecule has 1 aromatic carbocycles. The van der Waals surface area contributed by atoms with Gasteiger partial charge in [-0.15, -0.1) is 11.3 Å². The van der Waals surface area contributed by atoms with Gasteiger partial charge in [0.1, 0.15) is 11.2 Å². The summed E-state index contributed by atoms with van der Waals surface area (Å²) < 4.78 is 6.32. The van der Waals surface area contributed by atoms with E-state index in [1.54, 1.807) is 17.4 Å². The van der Waals surface area contributed by atoms with E-state index < -0.39 is 6.17 Å². The summed E-state index contributed by atoms with van der Waals surface area (Å²) in [6.07, 6.45) is 2.57. The maximum absolute atomic E-state index is 13.0. The summed E-state index contributed by atoms with van der Waals surface area (Å²) in [5, 5.41) is 18.0. The quantitative estimate of drug-likeness (QED) is 0.535. The minimum atomic E-state index is -0.509. The summed E-state index contributed by atoms with van der Waals surface area (Å²) in [7, 11) is 0. The Hall–Kier alpha value is -1.73. The number of carbonyl (C=O) groups is 1. The molecule has 2 aromatic rings. The molecule has 2 heterocycles. The number of benzene rings is 1. The molecule has 5 nitrogen and oxygen atoms in total. The first-order valence-electron chi connectivity index (χ1n) is 10.1. The normalized spacial score (nSPS) is 21.1. The summed E-state index contributed by atoms with van der Waals surface area (Å²) in [4.78, 5) is 14.3. The van der Waals surface area contributed by atoms with E-state index in [4.69, 9.17) is 4.74 Å². The van der Waals surface area contributed by atoms with Gasteiger partial charge >= 0.3 is 0 Å². The Bertz CT molecular complexity index is 964. The van der Waals surface area contributed by atoms with Gasteiger partial charge in [-0.2, -0.15) is 0 Å². The van der Waals surface area contributed by atoms with E-state index in [-0.39, 0.29) is 17.1 Å². The largest absolute Gasteiger partial charge is 0.504 e. The average molecular weight is 479 g/mol. The van der Waals surface area contributed by atoms with Gasteiger partial charge in [0.15, 0.2) is 11.5 Å². The van der Waals surface area contributed by atoms with Crippen LogP contribution in [0.4, 0.5) is 5.00 Å². The highest BCUT2D eigenvalue weighted by molar-refractivity contribution is 9.10. The fraction of sp³-hybridized carbons (Fsp3) is 0.500. The molecule has 0 fully saturated rings. The first-order chi connectivity index (χ1) is 13.7. The van der Waals surface area contributed by atoms with Crippen molar-refractivity contribution in [1.29, 1.82) is 0 Å². The second-order valence-electron chi connectivity index (χ2n) is 8.84. The molecule has 2 atom stereocenters. The lowest BCUT2D eigenvalue weighted by atomic mass is 9.72. The van der Waals surface area contributed by atoms with Crippen LogP contribution < -0.4 is 15.4 Å². The van der Waals surface area contributed by atoms with Crippen LogP contribution in [0, 0.1) is 11.3 Å². The number of hydrogen-bond acceptors (Lipinski definition) is 5. The summed E-state index contributed by atoms with van der Waals surface area (Å²) in [5.74, 6) is 0.993.